The van der Waals surface area contributed by atoms with Crippen molar-refractivity contribution >= 4 is 61.2 Å². The number of amides is 1. The molecule has 1 amide bonds. The van der Waals surface area contributed by atoms with Crippen LogP contribution in [0, 0.1) is 5.92 Å². The lowest BCUT2D eigenvalue weighted by Crippen LogP contribution is -2.34. The van der Waals surface area contributed by atoms with Gasteiger partial charge in [-0.3, -0.25) is 4.79 Å². The summed E-state index contributed by atoms with van der Waals surface area (Å²) in [5.41, 5.74) is 5.49. The minimum Gasteiger partial charge on any atom is -0.497 e. The highest BCUT2D eigenvalue weighted by Gasteiger charge is 2.40. The molecule has 1 saturated carbocycles. The highest BCUT2D eigenvalue weighted by atomic mass is 19.4. The number of nitrogens with one attached hydrogen (secondary N) is 1. The molecule has 0 bridgehead atoms. The fraction of sp³-hybridized carbons (Fsp3) is 0.232. The summed E-state index contributed by atoms with van der Waals surface area (Å²) in [4.78, 5) is 13.6. The summed E-state index contributed by atoms with van der Waals surface area (Å²) in [7, 11) is 4.84. The van der Waals surface area contributed by atoms with Crippen molar-refractivity contribution in [3.05, 3.63) is 203 Å². The van der Waals surface area contributed by atoms with Crippen LogP contribution in [0.15, 0.2) is 174 Å². The van der Waals surface area contributed by atoms with Crippen molar-refractivity contribution in [3.63, 3.8) is 0 Å². The normalized spacial score (nSPS) is 16.0. The number of ether oxygens (including phenoxy) is 4. The van der Waals surface area contributed by atoms with E-state index in [0.29, 0.717) is 67.5 Å². The molecule has 1 N–H and O–H groups in total. The lowest BCUT2D eigenvalue weighted by molar-refractivity contribution is -0.137. The third kappa shape index (κ3) is 9.51. The molecule has 0 radical (unpaired) electrons. The van der Waals surface area contributed by atoms with E-state index >= 15 is 13.2 Å². The molecular formula is C69H60F3NO6. The number of fused-ring (bicyclic) bond motifs is 10. The lowest BCUT2D eigenvalue weighted by atomic mass is 9.77. The molecule has 1 aromatic heterocycles. The van der Waals surface area contributed by atoms with Crippen molar-refractivity contribution in [1.29, 1.82) is 0 Å². The number of rotatable bonds is 14. The van der Waals surface area contributed by atoms with Crippen LogP contribution in [0.3, 0.4) is 0 Å². The van der Waals surface area contributed by atoms with Crippen LogP contribution in [0.5, 0.6) is 23.0 Å². The Morgan fingerprint density at radius 2 is 1.28 bits per heavy atom. The van der Waals surface area contributed by atoms with Gasteiger partial charge in [0, 0.05) is 49.3 Å². The average molecular weight is 1060 g/mol. The number of carbonyl (C=O) groups is 1. The van der Waals surface area contributed by atoms with E-state index in [1.54, 1.807) is 51.7 Å². The van der Waals surface area contributed by atoms with Crippen molar-refractivity contribution in [2.75, 3.05) is 26.6 Å². The molecule has 1 fully saturated rings. The van der Waals surface area contributed by atoms with E-state index in [9.17, 15) is 4.79 Å². The number of alkyl halides is 3. The molecule has 12 rings (SSSR count). The van der Waals surface area contributed by atoms with Crippen molar-refractivity contribution in [2.45, 2.75) is 76.0 Å². The Morgan fingerprint density at radius 3 is 1.91 bits per heavy atom. The van der Waals surface area contributed by atoms with Crippen LogP contribution in [-0.2, 0) is 11.8 Å². The van der Waals surface area contributed by atoms with Gasteiger partial charge in [0.1, 0.15) is 34.2 Å². The smallest absolute Gasteiger partial charge is 0.417 e. The summed E-state index contributed by atoms with van der Waals surface area (Å²) in [6.07, 6.45) is 9.63. The molecule has 1 aliphatic carbocycles. The largest absolute Gasteiger partial charge is 0.497 e. The molecule has 0 unspecified atom stereocenters. The third-order valence-electron chi connectivity index (χ3n) is 16.5. The molecule has 0 saturated heterocycles. The number of carbonyl (C=O) groups excluding carboxylic acids is 1. The Kier molecular flexibility index (Phi) is 13.7. The summed E-state index contributed by atoms with van der Waals surface area (Å²) in [5, 5.41) is 7.19. The van der Waals surface area contributed by atoms with Crippen molar-refractivity contribution in [1.82, 2.24) is 0 Å². The molecule has 79 heavy (non-hydrogen) atoms. The molecule has 7 nitrogen and oxygen atoms in total. The summed E-state index contributed by atoms with van der Waals surface area (Å²) in [6.45, 7) is 2.26. The van der Waals surface area contributed by atoms with Gasteiger partial charge in [0.15, 0.2) is 5.60 Å². The Bertz CT molecular complexity index is 3880. The first-order chi connectivity index (χ1) is 38.5. The summed E-state index contributed by atoms with van der Waals surface area (Å²) < 4.78 is 77.2. The van der Waals surface area contributed by atoms with E-state index in [1.165, 1.54) is 69.1 Å². The molecule has 0 atom stereocenters. The minimum atomic E-state index is -4.77. The third-order valence-corrected chi connectivity index (χ3v) is 16.5. The van der Waals surface area contributed by atoms with Crippen molar-refractivity contribution in [2.24, 2.45) is 5.92 Å². The van der Waals surface area contributed by atoms with Gasteiger partial charge >= 0.3 is 6.18 Å². The van der Waals surface area contributed by atoms with E-state index in [4.69, 9.17) is 23.4 Å². The Morgan fingerprint density at radius 1 is 0.633 bits per heavy atom. The van der Waals surface area contributed by atoms with Crippen LogP contribution < -0.4 is 24.3 Å². The molecule has 10 aromatic rings. The quantitative estimate of drug-likeness (QED) is 0.109. The van der Waals surface area contributed by atoms with E-state index in [1.807, 2.05) is 103 Å². The van der Waals surface area contributed by atoms with Gasteiger partial charge in [-0.15, -0.1) is 0 Å². The summed E-state index contributed by atoms with van der Waals surface area (Å²) in [5.74, 6) is 3.48. The Labute approximate surface area is 457 Å². The van der Waals surface area contributed by atoms with E-state index in [-0.39, 0.29) is 11.3 Å². The van der Waals surface area contributed by atoms with Crippen molar-refractivity contribution < 1.29 is 41.3 Å². The monoisotopic (exact) mass is 1060 g/mol. The second-order valence-electron chi connectivity index (χ2n) is 21.1. The minimum absolute atomic E-state index is 0.0211. The zero-order chi connectivity index (χ0) is 54.4. The average Bonchev–Trinajstić information content (AvgIpc) is 3.42. The second-order valence-corrected chi connectivity index (χ2v) is 21.1. The van der Waals surface area contributed by atoms with Gasteiger partial charge < -0.3 is 28.7 Å². The fourth-order valence-corrected chi connectivity index (χ4v) is 12.2. The van der Waals surface area contributed by atoms with Crippen LogP contribution in [-0.4, -0.2) is 27.2 Å². The second kappa shape index (κ2) is 21.0. The topological polar surface area (TPSA) is 79.2 Å². The molecule has 1 aliphatic heterocycles. The van der Waals surface area contributed by atoms with Crippen LogP contribution in [0.4, 0.5) is 18.9 Å². The fourth-order valence-electron chi connectivity index (χ4n) is 12.2. The zero-order valence-electron chi connectivity index (χ0n) is 44.6. The zero-order valence-corrected chi connectivity index (χ0v) is 44.6. The number of hydrogen-bond donors (Lipinski definition) is 1. The predicted octanol–water partition coefficient (Wildman–Crippen LogP) is 18.7. The van der Waals surface area contributed by atoms with Gasteiger partial charge in [0.05, 0.1) is 32.5 Å². The van der Waals surface area contributed by atoms with Crippen LogP contribution in [0.2, 0.25) is 0 Å². The number of methoxy groups -OCH3 is 3. The van der Waals surface area contributed by atoms with Gasteiger partial charge in [-0.25, -0.2) is 0 Å². The number of benzene rings is 9. The van der Waals surface area contributed by atoms with E-state index in [2.05, 4.69) is 36.5 Å². The highest BCUT2D eigenvalue weighted by Crippen LogP contribution is 2.52. The maximum Gasteiger partial charge on any atom is 0.417 e. The van der Waals surface area contributed by atoms with Gasteiger partial charge in [0.25, 0.3) is 5.91 Å². The van der Waals surface area contributed by atoms with Crippen LogP contribution in [0.25, 0.3) is 71.8 Å². The molecule has 9 aromatic carbocycles. The molecule has 0 spiro atoms. The molecule has 398 valence electrons. The van der Waals surface area contributed by atoms with Gasteiger partial charge in [-0.1, -0.05) is 130 Å². The highest BCUT2D eigenvalue weighted by molar-refractivity contribution is 6.27. The molecular weight excluding hydrogens is 996 g/mol. The Balaban J connectivity index is 0.861. The number of hydrogen-bond acceptors (Lipinski definition) is 6. The summed E-state index contributed by atoms with van der Waals surface area (Å²) in [6, 6.07) is 50.5. The van der Waals surface area contributed by atoms with Gasteiger partial charge in [-0.05, 0) is 150 Å². The van der Waals surface area contributed by atoms with Gasteiger partial charge in [0.2, 0.25) is 0 Å². The molecule has 2 aliphatic rings. The van der Waals surface area contributed by atoms with E-state index in [0.717, 1.165) is 55.8 Å². The Hall–Kier alpha value is -8.50. The van der Waals surface area contributed by atoms with Crippen molar-refractivity contribution in [3.8, 4) is 45.3 Å². The SMILES string of the molecule is CCCCCC1CCC(c2ccc(-c3ccc(C(=O)Nc4ccc(-c5ccc6c(OC)cc7c(oc8c9c(c%10ccccc%10c87)OC(c7ccc(OC)cc7)(c7ccc(OC)cc7)C=C9)c6c5)c(C(F)(F)F)c4)cc3)cc2)CC1. The number of anilines is 1. The molecule has 10 heteroatoms. The molecule has 2 heterocycles. The first-order valence-corrected chi connectivity index (χ1v) is 27.3. The first kappa shape index (κ1) is 51.3. The van der Waals surface area contributed by atoms with Gasteiger partial charge in [-0.2, -0.15) is 13.2 Å². The van der Waals surface area contributed by atoms with Crippen LogP contribution in [0.1, 0.15) is 102 Å². The summed E-state index contributed by atoms with van der Waals surface area (Å²) >= 11 is 0. The van der Waals surface area contributed by atoms with E-state index < -0.39 is 23.2 Å². The maximum atomic E-state index is 15.3. The number of furan rings is 1. The number of halogens is 3. The maximum absolute atomic E-state index is 15.3. The standard InChI is InChI=1S/C69H60F3NO6/c1-5-6-7-10-42-13-15-43(16-14-42)44-17-19-45(20-18-44)46-21-23-47(24-22-46)67(74)73-51-30-36-54(61(40-51)69(70,71)72)48-25-35-55-59(39-48)64-60(41-62(55)77-4)63-56-11-8-9-12-57(56)65-58(66(63)78-64)37-38-68(79-65,49-26-31-52(75-2)32-27-49)50-28-33-53(76-3)34-29-50/h8-9,11-12,17-43H,5-7,10,13-16H2,1-4H3,(H,73,74). The predicted molar refractivity (Wildman–Crippen MR) is 311 cm³/mol. The first-order valence-electron chi connectivity index (χ1n) is 27.3. The lowest BCUT2D eigenvalue weighted by Gasteiger charge is -2.36. The number of unbranched alkanes of at least 4 members (excludes halogenated alkanes) is 2. The van der Waals surface area contributed by atoms with Crippen LogP contribution >= 0.6 is 0 Å².